The average molecular weight is 227 g/mol. The van der Waals surface area contributed by atoms with Crippen molar-refractivity contribution < 1.29 is 8.78 Å². The van der Waals surface area contributed by atoms with Gasteiger partial charge in [-0.1, -0.05) is 17.4 Å². The zero-order valence-electron chi connectivity index (χ0n) is 7.61. The molecule has 0 aliphatic rings. The molecule has 2 aromatic rings. The predicted molar refractivity (Wildman–Crippen MR) is 54.0 cm³/mol. The zero-order chi connectivity index (χ0) is 10.8. The molecule has 0 amide bonds. The number of hydrogen-bond acceptors (Lipinski definition) is 2. The highest BCUT2D eigenvalue weighted by molar-refractivity contribution is 7.07. The SMILES string of the molecule is O=c1sccn1Cc1ccc(F)cc1F. The van der Waals surface area contributed by atoms with E-state index >= 15 is 0 Å². The van der Waals surface area contributed by atoms with Crippen molar-refractivity contribution in [2.45, 2.75) is 6.54 Å². The minimum absolute atomic E-state index is 0.133. The normalized spacial score (nSPS) is 10.5. The van der Waals surface area contributed by atoms with Crippen molar-refractivity contribution in [1.82, 2.24) is 4.57 Å². The van der Waals surface area contributed by atoms with Crippen molar-refractivity contribution in [3.05, 3.63) is 56.6 Å². The lowest BCUT2D eigenvalue weighted by Crippen LogP contribution is -2.13. The molecule has 0 radical (unpaired) electrons. The van der Waals surface area contributed by atoms with Gasteiger partial charge in [0, 0.05) is 23.2 Å². The minimum atomic E-state index is -0.631. The summed E-state index contributed by atoms with van der Waals surface area (Å²) >= 11 is 1.04. The third kappa shape index (κ3) is 2.12. The van der Waals surface area contributed by atoms with Crippen LogP contribution in [0.2, 0.25) is 0 Å². The van der Waals surface area contributed by atoms with Gasteiger partial charge in [0.1, 0.15) is 11.6 Å². The van der Waals surface area contributed by atoms with Crippen molar-refractivity contribution in [3.8, 4) is 0 Å². The molecule has 1 aromatic heterocycles. The molecule has 0 N–H and O–H groups in total. The van der Waals surface area contributed by atoms with Crippen molar-refractivity contribution in [1.29, 1.82) is 0 Å². The van der Waals surface area contributed by atoms with Crippen LogP contribution in [0.15, 0.2) is 34.6 Å². The summed E-state index contributed by atoms with van der Waals surface area (Å²) in [4.78, 5) is 11.0. The zero-order valence-corrected chi connectivity index (χ0v) is 8.43. The van der Waals surface area contributed by atoms with E-state index < -0.39 is 11.6 Å². The Balaban J connectivity index is 2.33. The molecule has 0 aliphatic heterocycles. The maximum Gasteiger partial charge on any atom is 0.307 e. The third-order valence-corrected chi connectivity index (χ3v) is 2.69. The summed E-state index contributed by atoms with van der Waals surface area (Å²) in [5, 5.41) is 1.63. The minimum Gasteiger partial charge on any atom is -0.301 e. The predicted octanol–water partition coefficient (Wildman–Crippen LogP) is 2.24. The van der Waals surface area contributed by atoms with Gasteiger partial charge in [-0.25, -0.2) is 8.78 Å². The summed E-state index contributed by atoms with van der Waals surface area (Å²) in [6.07, 6.45) is 1.58. The Morgan fingerprint density at radius 3 is 2.73 bits per heavy atom. The van der Waals surface area contributed by atoms with Crippen LogP contribution in [0.4, 0.5) is 8.78 Å². The first-order valence-corrected chi connectivity index (χ1v) is 5.12. The van der Waals surface area contributed by atoms with Gasteiger partial charge in [-0.05, 0) is 6.07 Å². The van der Waals surface area contributed by atoms with Gasteiger partial charge in [0.05, 0.1) is 6.54 Å². The second-order valence-electron chi connectivity index (χ2n) is 3.03. The van der Waals surface area contributed by atoms with E-state index in [2.05, 4.69) is 0 Å². The lowest BCUT2D eigenvalue weighted by Gasteiger charge is -2.03. The number of rotatable bonds is 2. The van der Waals surface area contributed by atoms with Crippen molar-refractivity contribution in [2.75, 3.05) is 0 Å². The van der Waals surface area contributed by atoms with Gasteiger partial charge in [0.25, 0.3) is 0 Å². The Morgan fingerprint density at radius 2 is 2.13 bits per heavy atom. The lowest BCUT2D eigenvalue weighted by molar-refractivity contribution is 0.565. The topological polar surface area (TPSA) is 22.0 Å². The largest absolute Gasteiger partial charge is 0.307 e. The molecular weight excluding hydrogens is 220 g/mol. The van der Waals surface area contributed by atoms with Crippen LogP contribution in [0.1, 0.15) is 5.56 Å². The maximum absolute atomic E-state index is 13.2. The fourth-order valence-electron chi connectivity index (χ4n) is 1.24. The summed E-state index contributed by atoms with van der Waals surface area (Å²) < 4.78 is 27.2. The van der Waals surface area contributed by atoms with Crippen LogP contribution in [0, 0.1) is 11.6 Å². The van der Waals surface area contributed by atoms with E-state index in [4.69, 9.17) is 0 Å². The number of thiazole rings is 1. The molecule has 0 saturated heterocycles. The quantitative estimate of drug-likeness (QED) is 0.771. The van der Waals surface area contributed by atoms with Gasteiger partial charge in [0.2, 0.25) is 0 Å². The van der Waals surface area contributed by atoms with Gasteiger partial charge in [-0.3, -0.25) is 4.79 Å². The highest BCUT2D eigenvalue weighted by Crippen LogP contribution is 2.10. The van der Waals surface area contributed by atoms with E-state index in [1.165, 1.54) is 16.7 Å². The molecule has 1 heterocycles. The monoisotopic (exact) mass is 227 g/mol. The molecule has 78 valence electrons. The molecule has 0 bridgehead atoms. The first-order valence-electron chi connectivity index (χ1n) is 4.24. The highest BCUT2D eigenvalue weighted by Gasteiger charge is 2.05. The lowest BCUT2D eigenvalue weighted by atomic mass is 10.2. The summed E-state index contributed by atoms with van der Waals surface area (Å²) in [6, 6.07) is 3.33. The fourth-order valence-corrected chi connectivity index (χ4v) is 1.83. The van der Waals surface area contributed by atoms with Crippen molar-refractivity contribution >= 4 is 11.3 Å². The first-order chi connectivity index (χ1) is 7.16. The van der Waals surface area contributed by atoms with E-state index in [0.29, 0.717) is 5.56 Å². The molecule has 0 atom stereocenters. The Bertz CT molecular complexity index is 532. The van der Waals surface area contributed by atoms with Crippen molar-refractivity contribution in [3.63, 3.8) is 0 Å². The number of hydrogen-bond donors (Lipinski definition) is 0. The molecule has 15 heavy (non-hydrogen) atoms. The molecule has 2 nitrogen and oxygen atoms in total. The van der Waals surface area contributed by atoms with Gasteiger partial charge >= 0.3 is 4.87 Å². The van der Waals surface area contributed by atoms with Gasteiger partial charge in [-0.2, -0.15) is 0 Å². The smallest absolute Gasteiger partial charge is 0.301 e. The van der Waals surface area contributed by atoms with E-state index in [1.807, 2.05) is 0 Å². The summed E-state index contributed by atoms with van der Waals surface area (Å²) in [5.41, 5.74) is 0.303. The number of aromatic nitrogens is 1. The maximum atomic E-state index is 13.2. The highest BCUT2D eigenvalue weighted by atomic mass is 32.1. The first kappa shape index (κ1) is 10.0. The van der Waals surface area contributed by atoms with E-state index in [-0.39, 0.29) is 11.4 Å². The Morgan fingerprint density at radius 1 is 1.33 bits per heavy atom. The van der Waals surface area contributed by atoms with Crippen LogP contribution in [-0.4, -0.2) is 4.57 Å². The molecular formula is C10H7F2NOS. The van der Waals surface area contributed by atoms with E-state index in [9.17, 15) is 13.6 Å². The molecule has 0 fully saturated rings. The van der Waals surface area contributed by atoms with E-state index in [0.717, 1.165) is 17.4 Å². The number of halogens is 2. The van der Waals surface area contributed by atoms with Gasteiger partial charge in [0.15, 0.2) is 0 Å². The average Bonchev–Trinajstić information content (AvgIpc) is 2.57. The van der Waals surface area contributed by atoms with Crippen LogP contribution >= 0.6 is 11.3 Å². The van der Waals surface area contributed by atoms with Crippen LogP contribution < -0.4 is 4.87 Å². The second-order valence-corrected chi connectivity index (χ2v) is 3.89. The molecule has 0 spiro atoms. The molecule has 0 unspecified atom stereocenters. The van der Waals surface area contributed by atoms with Crippen molar-refractivity contribution in [2.24, 2.45) is 0 Å². The molecule has 1 aromatic carbocycles. The van der Waals surface area contributed by atoms with Gasteiger partial charge < -0.3 is 4.57 Å². The summed E-state index contributed by atoms with van der Waals surface area (Å²) in [6.45, 7) is 0.133. The summed E-state index contributed by atoms with van der Waals surface area (Å²) in [7, 11) is 0. The Labute approximate surface area is 88.4 Å². The van der Waals surface area contributed by atoms with Crippen LogP contribution in [0.25, 0.3) is 0 Å². The van der Waals surface area contributed by atoms with Gasteiger partial charge in [-0.15, -0.1) is 0 Å². The third-order valence-electron chi connectivity index (χ3n) is 2.00. The van der Waals surface area contributed by atoms with Crippen LogP contribution in [0.3, 0.4) is 0 Å². The molecule has 0 saturated carbocycles. The molecule has 0 aliphatic carbocycles. The standard InChI is InChI=1S/C10H7F2NOS/c11-8-2-1-7(9(12)5-8)6-13-3-4-15-10(13)14/h1-5H,6H2. The van der Waals surface area contributed by atoms with E-state index in [1.54, 1.807) is 11.6 Å². The number of benzene rings is 1. The Kier molecular flexibility index (Phi) is 2.64. The summed E-state index contributed by atoms with van der Waals surface area (Å²) in [5.74, 6) is -1.25. The Hall–Kier alpha value is -1.49. The number of nitrogens with zero attached hydrogens (tertiary/aromatic N) is 1. The fraction of sp³-hybridized carbons (Fsp3) is 0.100. The molecule has 2 rings (SSSR count). The second kappa shape index (κ2) is 3.94. The van der Waals surface area contributed by atoms with Crippen LogP contribution in [-0.2, 0) is 6.54 Å². The molecule has 5 heteroatoms. The van der Waals surface area contributed by atoms with Crippen LogP contribution in [0.5, 0.6) is 0 Å².